The number of rotatable bonds is 6. The van der Waals surface area contributed by atoms with E-state index in [2.05, 4.69) is 6.92 Å². The summed E-state index contributed by atoms with van der Waals surface area (Å²) in [4.78, 5) is 12.0. The molecule has 1 aromatic carbocycles. The molecule has 2 aliphatic carbocycles. The minimum atomic E-state index is -0.127. The number of Topliss-reactive ketones (excluding diaryl/α,β-unsaturated/α-hetero) is 1. The van der Waals surface area contributed by atoms with Crippen LogP contribution in [-0.4, -0.2) is 5.78 Å². The van der Waals surface area contributed by atoms with E-state index >= 15 is 0 Å². The van der Waals surface area contributed by atoms with Gasteiger partial charge in [-0.25, -0.2) is 4.39 Å². The second-order valence-electron chi connectivity index (χ2n) is 9.10. The molecule has 0 radical (unpaired) electrons. The summed E-state index contributed by atoms with van der Waals surface area (Å²) in [5, 5.41) is 0. The first-order valence-corrected chi connectivity index (χ1v) is 11.4. The van der Waals surface area contributed by atoms with Crippen molar-refractivity contribution in [3.8, 4) is 0 Å². The zero-order valence-electron chi connectivity index (χ0n) is 17.5. The van der Waals surface area contributed by atoms with Crippen LogP contribution in [0.4, 0.5) is 4.39 Å². The largest absolute Gasteiger partial charge is 0.294 e. The van der Waals surface area contributed by atoms with E-state index in [0.717, 1.165) is 36.2 Å². The minimum Gasteiger partial charge on any atom is -0.294 e. The molecule has 0 unspecified atom stereocenters. The molecule has 0 aliphatic heterocycles. The monoisotopic (exact) mass is 372 g/mol. The van der Waals surface area contributed by atoms with Gasteiger partial charge >= 0.3 is 0 Å². The molecule has 0 atom stereocenters. The van der Waals surface area contributed by atoms with Crippen molar-refractivity contribution in [2.75, 3.05) is 0 Å². The van der Waals surface area contributed by atoms with Gasteiger partial charge in [-0.3, -0.25) is 4.79 Å². The Labute approximate surface area is 165 Å². The van der Waals surface area contributed by atoms with Gasteiger partial charge in [0.15, 0.2) is 5.78 Å². The summed E-state index contributed by atoms with van der Waals surface area (Å²) in [5.74, 6) is 2.99. The predicted octanol–water partition coefficient (Wildman–Crippen LogP) is 7.61. The number of carbonyl (C=O) groups is 1. The van der Waals surface area contributed by atoms with E-state index in [9.17, 15) is 9.18 Å². The van der Waals surface area contributed by atoms with Crippen LogP contribution in [-0.2, 0) is 0 Å². The van der Waals surface area contributed by atoms with Crippen LogP contribution in [0.15, 0.2) is 12.1 Å². The Morgan fingerprint density at radius 2 is 1.56 bits per heavy atom. The number of carbonyl (C=O) groups excluding carboxylic acids is 1. The van der Waals surface area contributed by atoms with Gasteiger partial charge in [-0.15, -0.1) is 0 Å². The standard InChI is InChI=1S/C25H37FO/c1-4-6-18-7-9-19(10-8-18)20-11-13-21(14-12-20)23-16-15-22(24(27)5-2)17(3)25(23)26/h15-16,18-21H,4-14H2,1-3H3. The molecule has 0 aromatic heterocycles. The Morgan fingerprint density at radius 1 is 0.963 bits per heavy atom. The van der Waals surface area contributed by atoms with Gasteiger partial charge in [0.25, 0.3) is 0 Å². The van der Waals surface area contributed by atoms with Crippen LogP contribution in [0.3, 0.4) is 0 Å². The van der Waals surface area contributed by atoms with E-state index in [-0.39, 0.29) is 11.6 Å². The van der Waals surface area contributed by atoms with Gasteiger partial charge in [-0.2, -0.15) is 0 Å². The summed E-state index contributed by atoms with van der Waals surface area (Å²) >= 11 is 0. The lowest BCUT2D eigenvalue weighted by molar-refractivity contribution is 0.0987. The summed E-state index contributed by atoms with van der Waals surface area (Å²) < 4.78 is 15.0. The lowest BCUT2D eigenvalue weighted by Gasteiger charge is -2.38. The molecule has 27 heavy (non-hydrogen) atoms. The van der Waals surface area contributed by atoms with Crippen molar-refractivity contribution in [1.82, 2.24) is 0 Å². The third kappa shape index (κ3) is 4.63. The Bertz CT molecular complexity index is 634. The van der Waals surface area contributed by atoms with Crippen molar-refractivity contribution < 1.29 is 9.18 Å². The van der Waals surface area contributed by atoms with Gasteiger partial charge < -0.3 is 0 Å². The Morgan fingerprint density at radius 3 is 2.11 bits per heavy atom. The molecule has 1 aromatic rings. The Kier molecular flexibility index (Phi) is 7.11. The van der Waals surface area contributed by atoms with Crippen molar-refractivity contribution >= 4 is 5.78 Å². The Hall–Kier alpha value is -1.18. The van der Waals surface area contributed by atoms with Gasteiger partial charge in [-0.05, 0) is 80.2 Å². The molecule has 0 heterocycles. The molecule has 2 aliphatic rings. The predicted molar refractivity (Wildman–Crippen MR) is 111 cm³/mol. The molecule has 2 fully saturated rings. The van der Waals surface area contributed by atoms with Gasteiger partial charge in [0.05, 0.1) is 0 Å². The number of hydrogen-bond acceptors (Lipinski definition) is 1. The molecule has 0 spiro atoms. The number of hydrogen-bond donors (Lipinski definition) is 0. The van der Waals surface area contributed by atoms with E-state index in [0.29, 0.717) is 23.5 Å². The molecule has 150 valence electrons. The van der Waals surface area contributed by atoms with Crippen molar-refractivity contribution in [1.29, 1.82) is 0 Å². The number of benzene rings is 1. The molecule has 0 saturated heterocycles. The third-order valence-electron chi connectivity index (χ3n) is 7.50. The van der Waals surface area contributed by atoms with Gasteiger partial charge in [0, 0.05) is 12.0 Å². The van der Waals surface area contributed by atoms with Crippen LogP contribution in [0.2, 0.25) is 0 Å². The molecular formula is C25H37FO. The van der Waals surface area contributed by atoms with Crippen LogP contribution in [0.5, 0.6) is 0 Å². The molecule has 2 heteroatoms. The maximum atomic E-state index is 15.0. The van der Waals surface area contributed by atoms with E-state index in [1.807, 2.05) is 19.1 Å². The molecule has 3 rings (SSSR count). The first-order chi connectivity index (χ1) is 13.0. The molecule has 2 saturated carbocycles. The summed E-state index contributed by atoms with van der Waals surface area (Å²) in [5.41, 5.74) is 1.97. The van der Waals surface area contributed by atoms with Crippen molar-refractivity contribution in [2.24, 2.45) is 17.8 Å². The van der Waals surface area contributed by atoms with Gasteiger partial charge in [0.1, 0.15) is 5.82 Å². The fraction of sp³-hybridized carbons (Fsp3) is 0.720. The zero-order chi connectivity index (χ0) is 19.4. The van der Waals surface area contributed by atoms with Crippen molar-refractivity contribution in [2.45, 2.75) is 97.3 Å². The minimum absolute atomic E-state index is 0.0420. The smallest absolute Gasteiger partial charge is 0.162 e. The van der Waals surface area contributed by atoms with Gasteiger partial charge in [0.2, 0.25) is 0 Å². The summed E-state index contributed by atoms with van der Waals surface area (Å²) in [7, 11) is 0. The summed E-state index contributed by atoms with van der Waals surface area (Å²) in [6.45, 7) is 5.91. The topological polar surface area (TPSA) is 17.1 Å². The quantitative estimate of drug-likeness (QED) is 0.470. The average Bonchev–Trinajstić information content (AvgIpc) is 2.70. The van der Waals surface area contributed by atoms with Crippen LogP contribution in [0.25, 0.3) is 0 Å². The Balaban J connectivity index is 1.58. The second-order valence-corrected chi connectivity index (χ2v) is 9.10. The van der Waals surface area contributed by atoms with E-state index in [1.54, 1.807) is 6.92 Å². The highest BCUT2D eigenvalue weighted by molar-refractivity contribution is 5.97. The number of halogens is 1. The highest BCUT2D eigenvalue weighted by Crippen LogP contribution is 2.45. The molecule has 0 amide bonds. The molecule has 0 N–H and O–H groups in total. The van der Waals surface area contributed by atoms with E-state index in [1.165, 1.54) is 51.4 Å². The SMILES string of the molecule is CCCC1CCC(C2CCC(c3ccc(C(=O)CC)c(C)c3F)CC2)CC1. The average molecular weight is 373 g/mol. The normalized spacial score (nSPS) is 28.9. The van der Waals surface area contributed by atoms with Gasteiger partial charge in [-0.1, -0.05) is 51.7 Å². The maximum absolute atomic E-state index is 15.0. The van der Waals surface area contributed by atoms with Crippen molar-refractivity contribution in [3.05, 3.63) is 34.6 Å². The second kappa shape index (κ2) is 9.34. The highest BCUT2D eigenvalue weighted by Gasteiger charge is 2.32. The van der Waals surface area contributed by atoms with E-state index < -0.39 is 0 Å². The highest BCUT2D eigenvalue weighted by atomic mass is 19.1. The number of ketones is 1. The fourth-order valence-corrected chi connectivity index (χ4v) is 5.77. The molecule has 0 bridgehead atoms. The van der Waals surface area contributed by atoms with Crippen LogP contribution < -0.4 is 0 Å². The maximum Gasteiger partial charge on any atom is 0.162 e. The lowest BCUT2D eigenvalue weighted by atomic mass is 9.68. The lowest BCUT2D eigenvalue weighted by Crippen LogP contribution is -2.25. The van der Waals surface area contributed by atoms with Crippen LogP contribution in [0, 0.1) is 30.5 Å². The first kappa shape index (κ1) is 20.6. The summed E-state index contributed by atoms with van der Waals surface area (Å²) in [6.07, 6.45) is 13.6. The summed E-state index contributed by atoms with van der Waals surface area (Å²) in [6, 6.07) is 3.76. The van der Waals surface area contributed by atoms with Crippen molar-refractivity contribution in [3.63, 3.8) is 0 Å². The zero-order valence-corrected chi connectivity index (χ0v) is 17.5. The van der Waals surface area contributed by atoms with Crippen LogP contribution in [0.1, 0.15) is 112 Å². The third-order valence-corrected chi connectivity index (χ3v) is 7.50. The first-order valence-electron chi connectivity index (χ1n) is 11.4. The van der Waals surface area contributed by atoms with E-state index in [4.69, 9.17) is 0 Å². The molecular weight excluding hydrogens is 335 g/mol. The molecule has 1 nitrogen and oxygen atoms in total. The van der Waals surface area contributed by atoms with Crippen LogP contribution >= 0.6 is 0 Å². The fourth-order valence-electron chi connectivity index (χ4n) is 5.77.